The van der Waals surface area contributed by atoms with Gasteiger partial charge in [-0.1, -0.05) is 0 Å². The number of hydrogen-bond acceptors (Lipinski definition) is 7. The summed E-state index contributed by atoms with van der Waals surface area (Å²) in [6, 6.07) is 9.98. The minimum atomic E-state index is -3.58. The molecular formula is C18H24N4O4S. The molecule has 1 fully saturated rings. The average molecular weight is 392 g/mol. The molecule has 9 heteroatoms. The molecule has 2 heterocycles. The first-order valence-corrected chi connectivity index (χ1v) is 10.2. The topological polar surface area (TPSA) is 84.9 Å². The molecule has 0 aliphatic carbocycles. The lowest BCUT2D eigenvalue weighted by molar-refractivity contribution is 0.123. The van der Waals surface area contributed by atoms with Gasteiger partial charge in [0, 0.05) is 26.7 Å². The molecule has 0 amide bonds. The number of benzene rings is 1. The highest BCUT2D eigenvalue weighted by Gasteiger charge is 2.31. The molecule has 1 aliphatic heterocycles. The summed E-state index contributed by atoms with van der Waals surface area (Å²) in [5.41, 5.74) is 0. The number of methoxy groups -OCH3 is 1. The maximum absolute atomic E-state index is 12.9. The number of piperidine rings is 1. The summed E-state index contributed by atoms with van der Waals surface area (Å²) in [6.07, 6.45) is 1.24. The molecule has 1 aromatic heterocycles. The molecule has 0 N–H and O–H groups in total. The van der Waals surface area contributed by atoms with Gasteiger partial charge in [0.2, 0.25) is 15.9 Å². The van der Waals surface area contributed by atoms with Crippen molar-refractivity contribution in [3.05, 3.63) is 36.4 Å². The van der Waals surface area contributed by atoms with Crippen LogP contribution in [0, 0.1) is 0 Å². The number of sulfonamides is 1. The molecule has 1 atom stereocenters. The summed E-state index contributed by atoms with van der Waals surface area (Å²) in [4.78, 5) is 2.10. The van der Waals surface area contributed by atoms with Crippen molar-refractivity contribution in [2.24, 2.45) is 0 Å². The molecular weight excluding hydrogens is 368 g/mol. The summed E-state index contributed by atoms with van der Waals surface area (Å²) < 4.78 is 38.2. The Labute approximate surface area is 159 Å². The van der Waals surface area contributed by atoms with E-state index in [1.54, 1.807) is 37.4 Å². The summed E-state index contributed by atoms with van der Waals surface area (Å²) >= 11 is 0. The van der Waals surface area contributed by atoms with Gasteiger partial charge in [0.25, 0.3) is 0 Å². The summed E-state index contributed by atoms with van der Waals surface area (Å²) in [5, 5.41) is 8.15. The second-order valence-electron chi connectivity index (χ2n) is 6.54. The van der Waals surface area contributed by atoms with E-state index in [2.05, 4.69) is 10.2 Å². The highest BCUT2D eigenvalue weighted by atomic mass is 32.2. The maximum Gasteiger partial charge on any atom is 0.243 e. The molecule has 1 unspecified atom stereocenters. The molecule has 1 aromatic carbocycles. The molecule has 2 aromatic rings. The van der Waals surface area contributed by atoms with Gasteiger partial charge in [0.1, 0.15) is 11.9 Å². The largest absolute Gasteiger partial charge is 0.497 e. The van der Waals surface area contributed by atoms with Gasteiger partial charge in [-0.05, 0) is 43.2 Å². The lowest BCUT2D eigenvalue weighted by Gasteiger charge is -2.31. The van der Waals surface area contributed by atoms with Crippen molar-refractivity contribution in [2.45, 2.75) is 23.8 Å². The molecule has 0 saturated carbocycles. The van der Waals surface area contributed by atoms with Crippen LogP contribution < -0.4 is 14.4 Å². The van der Waals surface area contributed by atoms with Crippen LogP contribution in [-0.4, -0.2) is 63.3 Å². The normalized spacial score (nSPS) is 18.1. The minimum Gasteiger partial charge on any atom is -0.497 e. The van der Waals surface area contributed by atoms with Crippen molar-refractivity contribution >= 4 is 15.8 Å². The summed E-state index contributed by atoms with van der Waals surface area (Å²) in [5.74, 6) is 1.75. The number of nitrogens with zero attached hydrogens (tertiary/aromatic N) is 4. The molecule has 0 radical (unpaired) electrons. The standard InChI is InChI=1S/C18H24N4O4S/c1-21(2)17-10-11-18(20-19-17)26-15-5-4-12-22(13-15)27(23,24)16-8-6-14(25-3)7-9-16/h6-11,15H,4-5,12-13H2,1-3H3. The van der Waals surface area contributed by atoms with E-state index in [4.69, 9.17) is 9.47 Å². The fraction of sp³-hybridized carbons (Fsp3) is 0.444. The third kappa shape index (κ3) is 4.48. The molecule has 8 nitrogen and oxygen atoms in total. The smallest absolute Gasteiger partial charge is 0.243 e. The van der Waals surface area contributed by atoms with Gasteiger partial charge >= 0.3 is 0 Å². The van der Waals surface area contributed by atoms with Gasteiger partial charge in [-0.15, -0.1) is 10.2 Å². The van der Waals surface area contributed by atoms with Crippen LogP contribution in [0.25, 0.3) is 0 Å². The zero-order valence-corrected chi connectivity index (χ0v) is 16.5. The van der Waals surface area contributed by atoms with Crippen LogP contribution in [0.1, 0.15) is 12.8 Å². The Morgan fingerprint density at radius 1 is 1.11 bits per heavy atom. The van der Waals surface area contributed by atoms with Gasteiger partial charge in [-0.3, -0.25) is 0 Å². The van der Waals surface area contributed by atoms with Crippen LogP contribution in [0.3, 0.4) is 0 Å². The highest BCUT2D eigenvalue weighted by Crippen LogP contribution is 2.24. The van der Waals surface area contributed by atoms with Gasteiger partial charge in [-0.25, -0.2) is 8.42 Å². The molecule has 27 heavy (non-hydrogen) atoms. The Hall–Kier alpha value is -2.39. The van der Waals surface area contributed by atoms with E-state index in [0.29, 0.717) is 18.2 Å². The Morgan fingerprint density at radius 2 is 1.85 bits per heavy atom. The van der Waals surface area contributed by atoms with Crippen LogP contribution in [0.4, 0.5) is 5.82 Å². The molecule has 146 valence electrons. The molecule has 0 bridgehead atoms. The molecule has 3 rings (SSSR count). The van der Waals surface area contributed by atoms with Crippen LogP contribution in [-0.2, 0) is 10.0 Å². The number of rotatable bonds is 6. The van der Waals surface area contributed by atoms with Crippen molar-refractivity contribution in [1.29, 1.82) is 0 Å². The third-order valence-electron chi connectivity index (χ3n) is 4.41. The van der Waals surface area contributed by atoms with Crippen LogP contribution in [0.5, 0.6) is 11.6 Å². The number of ether oxygens (including phenoxy) is 2. The first-order valence-electron chi connectivity index (χ1n) is 8.72. The average Bonchev–Trinajstić information content (AvgIpc) is 2.68. The molecule has 0 spiro atoms. The van der Waals surface area contributed by atoms with Crippen molar-refractivity contribution in [3.8, 4) is 11.6 Å². The third-order valence-corrected chi connectivity index (χ3v) is 6.29. The lowest BCUT2D eigenvalue weighted by atomic mass is 10.1. The van der Waals surface area contributed by atoms with Crippen LogP contribution in [0.15, 0.2) is 41.3 Å². The Balaban J connectivity index is 1.69. The number of aromatic nitrogens is 2. The fourth-order valence-electron chi connectivity index (χ4n) is 2.90. The maximum atomic E-state index is 12.9. The van der Waals surface area contributed by atoms with Crippen molar-refractivity contribution in [2.75, 3.05) is 39.2 Å². The van der Waals surface area contributed by atoms with E-state index < -0.39 is 10.0 Å². The van der Waals surface area contributed by atoms with Crippen molar-refractivity contribution < 1.29 is 17.9 Å². The van der Waals surface area contributed by atoms with Gasteiger partial charge in [0.15, 0.2) is 5.82 Å². The second-order valence-corrected chi connectivity index (χ2v) is 8.48. The highest BCUT2D eigenvalue weighted by molar-refractivity contribution is 7.89. The Morgan fingerprint density at radius 3 is 2.44 bits per heavy atom. The Kier molecular flexibility index (Phi) is 5.81. The zero-order valence-electron chi connectivity index (χ0n) is 15.7. The van der Waals surface area contributed by atoms with Crippen LogP contribution >= 0.6 is 0 Å². The van der Waals surface area contributed by atoms with E-state index >= 15 is 0 Å². The van der Waals surface area contributed by atoms with Gasteiger partial charge in [-0.2, -0.15) is 4.31 Å². The molecule has 1 aliphatic rings. The fourth-order valence-corrected chi connectivity index (χ4v) is 4.41. The quantitative estimate of drug-likeness (QED) is 0.741. The minimum absolute atomic E-state index is 0.249. The van der Waals surface area contributed by atoms with E-state index in [9.17, 15) is 8.42 Å². The number of anilines is 1. The van der Waals surface area contributed by atoms with E-state index in [-0.39, 0.29) is 17.5 Å². The summed E-state index contributed by atoms with van der Waals surface area (Å²) in [7, 11) is 1.74. The predicted octanol–water partition coefficient (Wildman–Crippen LogP) is 1.78. The van der Waals surface area contributed by atoms with Gasteiger partial charge < -0.3 is 14.4 Å². The van der Waals surface area contributed by atoms with E-state index in [0.717, 1.165) is 18.7 Å². The van der Waals surface area contributed by atoms with Crippen molar-refractivity contribution in [1.82, 2.24) is 14.5 Å². The monoisotopic (exact) mass is 392 g/mol. The Bertz CT molecular complexity index is 854. The second kappa shape index (κ2) is 8.10. The van der Waals surface area contributed by atoms with Crippen molar-refractivity contribution in [3.63, 3.8) is 0 Å². The van der Waals surface area contributed by atoms with E-state index in [1.165, 1.54) is 4.31 Å². The zero-order chi connectivity index (χ0) is 19.4. The number of hydrogen-bond donors (Lipinski definition) is 0. The SMILES string of the molecule is COc1ccc(S(=O)(=O)N2CCCC(Oc3ccc(N(C)C)nn3)C2)cc1. The first kappa shape index (κ1) is 19.4. The predicted molar refractivity (Wildman–Crippen MR) is 102 cm³/mol. The lowest BCUT2D eigenvalue weighted by Crippen LogP contribution is -2.44. The van der Waals surface area contributed by atoms with Crippen LogP contribution in [0.2, 0.25) is 0 Å². The summed E-state index contributed by atoms with van der Waals surface area (Å²) in [6.45, 7) is 0.755. The van der Waals surface area contributed by atoms with Gasteiger partial charge in [0.05, 0.1) is 18.6 Å². The molecule has 1 saturated heterocycles. The first-order chi connectivity index (χ1) is 12.9. The van der Waals surface area contributed by atoms with E-state index in [1.807, 2.05) is 25.1 Å².